The van der Waals surface area contributed by atoms with Gasteiger partial charge in [-0.1, -0.05) is 0 Å². The third-order valence-electron chi connectivity index (χ3n) is 2.17. The van der Waals surface area contributed by atoms with E-state index in [1.54, 1.807) is 0 Å². The fourth-order valence-corrected chi connectivity index (χ4v) is 2.70. The minimum absolute atomic E-state index is 0.0107. The van der Waals surface area contributed by atoms with Gasteiger partial charge in [-0.05, 0) is 18.2 Å². The Labute approximate surface area is 105 Å². The van der Waals surface area contributed by atoms with Crippen molar-refractivity contribution in [2.24, 2.45) is 0 Å². The van der Waals surface area contributed by atoms with Gasteiger partial charge in [0.15, 0.2) is 0 Å². The number of rotatable bonds is 6. The normalized spacial score (nSPS) is 13.5. The van der Waals surface area contributed by atoms with E-state index in [1.165, 1.54) is 7.11 Å². The van der Waals surface area contributed by atoms with E-state index in [1.807, 2.05) is 0 Å². The van der Waals surface area contributed by atoms with Gasteiger partial charge < -0.3 is 15.6 Å². The van der Waals surface area contributed by atoms with Crippen LogP contribution < -0.4 is 10.5 Å². The van der Waals surface area contributed by atoms with Gasteiger partial charge in [0.05, 0.1) is 24.9 Å². The molecule has 0 aromatic heterocycles. The highest BCUT2D eigenvalue weighted by molar-refractivity contribution is 7.89. The summed E-state index contributed by atoms with van der Waals surface area (Å²) in [6.45, 7) is -0.412. The second-order valence-electron chi connectivity index (χ2n) is 3.64. The van der Waals surface area contributed by atoms with E-state index in [0.717, 1.165) is 18.2 Å². The number of nitrogens with two attached hydrogens (primary N) is 1. The van der Waals surface area contributed by atoms with Gasteiger partial charge in [0.2, 0.25) is 10.0 Å². The largest absolute Gasteiger partial charge is 0.398 e. The van der Waals surface area contributed by atoms with Crippen LogP contribution in [0, 0.1) is 5.82 Å². The predicted octanol–water partition coefficient (Wildman–Crippen LogP) is -0.306. The SMILES string of the molecule is COCC(CO)NS(=O)(=O)c1ccc(F)cc1N. The van der Waals surface area contributed by atoms with Crippen molar-refractivity contribution in [3.05, 3.63) is 24.0 Å². The molecular formula is C10H15FN2O4S. The first-order valence-electron chi connectivity index (χ1n) is 5.08. The topological polar surface area (TPSA) is 102 Å². The van der Waals surface area contributed by atoms with Crippen molar-refractivity contribution in [3.8, 4) is 0 Å². The number of hydrogen-bond acceptors (Lipinski definition) is 5. The van der Waals surface area contributed by atoms with Gasteiger partial charge in [0, 0.05) is 7.11 Å². The van der Waals surface area contributed by atoms with Crippen LogP contribution in [0.2, 0.25) is 0 Å². The molecule has 0 heterocycles. The van der Waals surface area contributed by atoms with Crippen molar-refractivity contribution in [2.45, 2.75) is 10.9 Å². The third kappa shape index (κ3) is 3.64. The molecule has 1 unspecified atom stereocenters. The molecule has 102 valence electrons. The minimum atomic E-state index is -3.92. The maximum Gasteiger partial charge on any atom is 0.243 e. The molecule has 0 fully saturated rings. The molecule has 0 aliphatic rings. The van der Waals surface area contributed by atoms with Crippen molar-refractivity contribution in [3.63, 3.8) is 0 Å². The lowest BCUT2D eigenvalue weighted by atomic mass is 10.3. The van der Waals surface area contributed by atoms with Gasteiger partial charge in [-0.15, -0.1) is 0 Å². The lowest BCUT2D eigenvalue weighted by Gasteiger charge is -2.16. The first-order valence-corrected chi connectivity index (χ1v) is 6.56. The van der Waals surface area contributed by atoms with Crippen molar-refractivity contribution >= 4 is 15.7 Å². The zero-order valence-electron chi connectivity index (χ0n) is 9.76. The molecule has 0 radical (unpaired) electrons. The number of aliphatic hydroxyl groups excluding tert-OH is 1. The summed E-state index contributed by atoms with van der Waals surface area (Å²) in [7, 11) is -2.54. The number of sulfonamides is 1. The average molecular weight is 278 g/mol. The van der Waals surface area contributed by atoms with Gasteiger partial charge in [-0.2, -0.15) is 0 Å². The van der Waals surface area contributed by atoms with Crippen LogP contribution in [0.15, 0.2) is 23.1 Å². The average Bonchev–Trinajstić information content (AvgIpc) is 2.27. The van der Waals surface area contributed by atoms with E-state index in [0.29, 0.717) is 0 Å². The molecule has 1 aromatic rings. The Morgan fingerprint density at radius 2 is 2.22 bits per heavy atom. The molecule has 0 spiro atoms. The molecule has 0 aliphatic carbocycles. The maximum absolute atomic E-state index is 12.8. The highest BCUT2D eigenvalue weighted by Crippen LogP contribution is 2.19. The Morgan fingerprint density at radius 1 is 1.56 bits per heavy atom. The lowest BCUT2D eigenvalue weighted by Crippen LogP contribution is -2.40. The molecule has 0 saturated heterocycles. The first kappa shape index (κ1) is 14.8. The molecule has 18 heavy (non-hydrogen) atoms. The monoisotopic (exact) mass is 278 g/mol. The van der Waals surface area contributed by atoms with Gasteiger partial charge in [-0.3, -0.25) is 0 Å². The van der Waals surface area contributed by atoms with Crippen molar-refractivity contribution in [1.29, 1.82) is 0 Å². The lowest BCUT2D eigenvalue weighted by molar-refractivity contribution is 0.139. The summed E-state index contributed by atoms with van der Waals surface area (Å²) in [4.78, 5) is -0.238. The van der Waals surface area contributed by atoms with E-state index < -0.39 is 28.5 Å². The Morgan fingerprint density at radius 3 is 2.72 bits per heavy atom. The summed E-state index contributed by atoms with van der Waals surface area (Å²) in [6, 6.07) is 2.19. The van der Waals surface area contributed by atoms with Crippen molar-refractivity contribution in [1.82, 2.24) is 4.72 Å². The zero-order chi connectivity index (χ0) is 13.8. The van der Waals surface area contributed by atoms with E-state index in [-0.39, 0.29) is 17.2 Å². The van der Waals surface area contributed by atoms with E-state index in [9.17, 15) is 12.8 Å². The van der Waals surface area contributed by atoms with Crippen LogP contribution in [0.5, 0.6) is 0 Å². The summed E-state index contributed by atoms with van der Waals surface area (Å²) in [5.74, 6) is -0.623. The molecule has 0 aliphatic heterocycles. The Hall–Kier alpha value is -1.22. The van der Waals surface area contributed by atoms with Gasteiger partial charge in [0.1, 0.15) is 10.7 Å². The predicted molar refractivity (Wildman–Crippen MR) is 63.9 cm³/mol. The first-order chi connectivity index (χ1) is 8.40. The Kier molecular flexibility index (Phi) is 5.03. The van der Waals surface area contributed by atoms with Crippen LogP contribution in [0.3, 0.4) is 0 Å². The van der Waals surface area contributed by atoms with Crippen molar-refractivity contribution < 1.29 is 22.7 Å². The second kappa shape index (κ2) is 6.10. The smallest absolute Gasteiger partial charge is 0.243 e. The highest BCUT2D eigenvalue weighted by atomic mass is 32.2. The number of benzene rings is 1. The maximum atomic E-state index is 12.8. The fraction of sp³-hybridized carbons (Fsp3) is 0.400. The van der Waals surface area contributed by atoms with Crippen molar-refractivity contribution in [2.75, 3.05) is 26.1 Å². The van der Waals surface area contributed by atoms with Crippen LogP contribution in [0.1, 0.15) is 0 Å². The zero-order valence-corrected chi connectivity index (χ0v) is 10.6. The Bertz CT molecular complexity index is 507. The van der Waals surface area contributed by atoms with Gasteiger partial charge in [-0.25, -0.2) is 17.5 Å². The number of nitrogens with one attached hydrogen (secondary N) is 1. The van der Waals surface area contributed by atoms with Crippen LogP contribution in [-0.4, -0.2) is 39.9 Å². The number of halogens is 1. The molecule has 4 N–H and O–H groups in total. The van der Waals surface area contributed by atoms with Crippen LogP contribution in [0.4, 0.5) is 10.1 Å². The Balaban J connectivity index is 2.99. The second-order valence-corrected chi connectivity index (χ2v) is 5.32. The summed E-state index contributed by atoms with van der Waals surface area (Å²) in [6.07, 6.45) is 0. The molecule has 1 rings (SSSR count). The molecule has 1 aromatic carbocycles. The molecular weight excluding hydrogens is 263 g/mol. The summed E-state index contributed by atoms with van der Waals surface area (Å²) < 4.78 is 43.6. The quantitative estimate of drug-likeness (QED) is 0.620. The fourth-order valence-electron chi connectivity index (χ4n) is 1.37. The number of ether oxygens (including phenoxy) is 1. The minimum Gasteiger partial charge on any atom is -0.398 e. The standard InChI is InChI=1S/C10H15FN2O4S/c1-17-6-8(5-14)13-18(15,16)10-3-2-7(11)4-9(10)12/h2-4,8,13-14H,5-6,12H2,1H3. The van der Waals surface area contributed by atoms with Crippen LogP contribution >= 0.6 is 0 Å². The number of hydrogen-bond donors (Lipinski definition) is 3. The van der Waals surface area contributed by atoms with Crippen LogP contribution in [-0.2, 0) is 14.8 Å². The van der Waals surface area contributed by atoms with E-state index in [2.05, 4.69) is 4.72 Å². The van der Waals surface area contributed by atoms with E-state index in [4.69, 9.17) is 15.6 Å². The van der Waals surface area contributed by atoms with E-state index >= 15 is 0 Å². The molecule has 8 heteroatoms. The summed E-state index contributed by atoms with van der Waals surface area (Å²) in [5, 5.41) is 8.98. The number of nitrogen functional groups attached to an aromatic ring is 1. The number of methoxy groups -OCH3 is 1. The van der Waals surface area contributed by atoms with Gasteiger partial charge in [0.25, 0.3) is 0 Å². The molecule has 0 amide bonds. The summed E-state index contributed by atoms with van der Waals surface area (Å²) >= 11 is 0. The third-order valence-corrected chi connectivity index (χ3v) is 3.77. The molecule has 6 nitrogen and oxygen atoms in total. The summed E-state index contributed by atoms with van der Waals surface area (Å²) in [5.41, 5.74) is 5.25. The number of aliphatic hydroxyl groups is 1. The molecule has 1 atom stereocenters. The molecule has 0 bridgehead atoms. The van der Waals surface area contributed by atoms with Crippen LogP contribution in [0.25, 0.3) is 0 Å². The van der Waals surface area contributed by atoms with Gasteiger partial charge >= 0.3 is 0 Å². The molecule has 0 saturated carbocycles. The number of anilines is 1. The highest BCUT2D eigenvalue weighted by Gasteiger charge is 2.22.